The van der Waals surface area contributed by atoms with Crippen molar-refractivity contribution in [3.63, 3.8) is 0 Å². The third kappa shape index (κ3) is 2.79. The van der Waals surface area contributed by atoms with E-state index in [2.05, 4.69) is 22.2 Å². The van der Waals surface area contributed by atoms with Gasteiger partial charge >= 0.3 is 5.97 Å². The number of esters is 1. The van der Waals surface area contributed by atoms with Gasteiger partial charge in [-0.05, 0) is 54.4 Å². The number of rotatable bonds is 5. The van der Waals surface area contributed by atoms with Crippen molar-refractivity contribution in [1.29, 1.82) is 0 Å². The summed E-state index contributed by atoms with van der Waals surface area (Å²) in [5, 5.41) is 2.73. The Balaban J connectivity index is 1.20. The summed E-state index contributed by atoms with van der Waals surface area (Å²) in [7, 11) is 1.31. The second-order valence-corrected chi connectivity index (χ2v) is 8.35. The molecule has 6 atom stereocenters. The van der Waals surface area contributed by atoms with Crippen LogP contribution < -0.4 is 5.32 Å². The Kier molecular flexibility index (Phi) is 4.08. The highest BCUT2D eigenvalue weighted by molar-refractivity contribution is 6.06. The minimum Gasteiger partial charge on any atom is -0.465 e. The molecule has 3 amide bonds. The average molecular weight is 394 g/mol. The van der Waals surface area contributed by atoms with Crippen molar-refractivity contribution in [2.24, 2.45) is 35.5 Å². The van der Waals surface area contributed by atoms with Gasteiger partial charge in [0.15, 0.2) is 0 Å². The van der Waals surface area contributed by atoms with Crippen LogP contribution in [-0.2, 0) is 19.1 Å². The summed E-state index contributed by atoms with van der Waals surface area (Å²) in [6.45, 7) is 0.103. The predicted molar refractivity (Wildman–Crippen MR) is 102 cm³/mol. The Labute approximate surface area is 168 Å². The van der Waals surface area contributed by atoms with E-state index in [1.54, 1.807) is 24.3 Å². The van der Waals surface area contributed by atoms with Crippen molar-refractivity contribution >= 4 is 29.4 Å². The highest BCUT2D eigenvalue weighted by Gasteiger charge is 2.66. The first-order valence-corrected chi connectivity index (χ1v) is 10.0. The van der Waals surface area contributed by atoms with Gasteiger partial charge < -0.3 is 10.1 Å². The third-order valence-corrected chi connectivity index (χ3v) is 6.91. The molecule has 0 aromatic heterocycles. The van der Waals surface area contributed by atoms with Gasteiger partial charge in [0.25, 0.3) is 0 Å². The lowest BCUT2D eigenvalue weighted by Gasteiger charge is -2.37. The van der Waals surface area contributed by atoms with E-state index in [1.807, 2.05) is 0 Å². The number of imide groups is 1. The number of benzene rings is 1. The molecular formula is C22H22N2O5. The highest BCUT2D eigenvalue weighted by atomic mass is 16.5. The summed E-state index contributed by atoms with van der Waals surface area (Å²) in [5.41, 5.74) is 0.931. The van der Waals surface area contributed by atoms with Crippen LogP contribution in [0.3, 0.4) is 0 Å². The predicted octanol–water partition coefficient (Wildman–Crippen LogP) is 1.85. The Bertz CT molecular complexity index is 901. The molecule has 150 valence electrons. The van der Waals surface area contributed by atoms with E-state index in [0.29, 0.717) is 23.1 Å². The molecule has 1 saturated heterocycles. The van der Waals surface area contributed by atoms with Gasteiger partial charge in [0.2, 0.25) is 17.7 Å². The van der Waals surface area contributed by atoms with E-state index < -0.39 is 5.97 Å². The van der Waals surface area contributed by atoms with Gasteiger partial charge in [-0.2, -0.15) is 0 Å². The van der Waals surface area contributed by atoms with Crippen molar-refractivity contribution in [2.45, 2.75) is 12.8 Å². The van der Waals surface area contributed by atoms with Crippen LogP contribution in [0.5, 0.6) is 0 Å². The molecule has 0 spiro atoms. The zero-order valence-corrected chi connectivity index (χ0v) is 16.0. The van der Waals surface area contributed by atoms with Gasteiger partial charge in [0.05, 0.1) is 24.5 Å². The molecule has 3 fully saturated rings. The summed E-state index contributed by atoms with van der Waals surface area (Å²) >= 11 is 0. The second-order valence-electron chi connectivity index (χ2n) is 8.35. The molecule has 1 N–H and O–H groups in total. The number of nitrogens with zero attached hydrogens (tertiary/aromatic N) is 1. The number of nitrogens with one attached hydrogen (secondary N) is 1. The van der Waals surface area contributed by atoms with Crippen molar-refractivity contribution in [3.8, 4) is 0 Å². The summed E-state index contributed by atoms with van der Waals surface area (Å²) in [6, 6.07) is 6.35. The Morgan fingerprint density at radius 3 is 2.17 bits per heavy atom. The Morgan fingerprint density at radius 1 is 1.03 bits per heavy atom. The summed E-state index contributed by atoms with van der Waals surface area (Å²) in [6.07, 6.45) is 5.46. The quantitative estimate of drug-likeness (QED) is 0.467. The van der Waals surface area contributed by atoms with Crippen LogP contribution >= 0.6 is 0 Å². The first kappa shape index (κ1) is 18.1. The molecule has 1 heterocycles. The number of ether oxygens (including phenoxy) is 1. The number of methoxy groups -OCH3 is 1. The molecule has 1 aliphatic heterocycles. The first-order chi connectivity index (χ1) is 14.0. The molecule has 1 aromatic rings. The molecule has 7 nitrogen and oxygen atoms in total. The fraction of sp³-hybridized carbons (Fsp3) is 0.455. The summed E-state index contributed by atoms with van der Waals surface area (Å²) < 4.78 is 4.64. The standard InChI is InChI=1S/C22H22N2O5/c1-29-22(28)11-2-4-12(5-3-11)23-17(25)8-9-24-20(26)18-13-6-7-14(16-10-15(13)16)19(18)21(24)27/h2-7,13-16,18-19H,8-10H2,1H3,(H,23,25). The molecule has 2 bridgehead atoms. The smallest absolute Gasteiger partial charge is 0.337 e. The van der Waals surface area contributed by atoms with E-state index >= 15 is 0 Å². The molecular weight excluding hydrogens is 372 g/mol. The minimum absolute atomic E-state index is 0.0469. The van der Waals surface area contributed by atoms with Gasteiger partial charge in [0.1, 0.15) is 0 Å². The molecule has 2 saturated carbocycles. The molecule has 6 rings (SSSR count). The molecule has 1 aromatic carbocycles. The largest absolute Gasteiger partial charge is 0.465 e. The number of carbonyl (C=O) groups excluding carboxylic acids is 4. The normalized spacial score (nSPS) is 33.3. The number of allylic oxidation sites excluding steroid dienone is 2. The van der Waals surface area contributed by atoms with E-state index in [9.17, 15) is 19.2 Å². The van der Waals surface area contributed by atoms with Crippen LogP contribution in [-0.4, -0.2) is 42.2 Å². The van der Waals surface area contributed by atoms with Crippen LogP contribution in [0, 0.1) is 35.5 Å². The number of amides is 3. The van der Waals surface area contributed by atoms with Gasteiger partial charge in [-0.3, -0.25) is 19.3 Å². The fourth-order valence-corrected chi connectivity index (χ4v) is 5.48. The third-order valence-electron chi connectivity index (χ3n) is 6.91. The minimum atomic E-state index is -0.448. The highest BCUT2D eigenvalue weighted by Crippen LogP contribution is 2.65. The zero-order valence-electron chi connectivity index (χ0n) is 16.0. The van der Waals surface area contributed by atoms with Crippen LogP contribution in [0.2, 0.25) is 0 Å². The fourth-order valence-electron chi connectivity index (χ4n) is 5.48. The number of hydrogen-bond acceptors (Lipinski definition) is 5. The van der Waals surface area contributed by atoms with Gasteiger partial charge in [-0.25, -0.2) is 4.79 Å². The lowest BCUT2D eigenvalue weighted by molar-refractivity contribution is -0.140. The maximum atomic E-state index is 12.9. The number of likely N-dealkylation sites (tertiary alicyclic amines) is 1. The maximum Gasteiger partial charge on any atom is 0.337 e. The van der Waals surface area contributed by atoms with Crippen molar-refractivity contribution in [1.82, 2.24) is 4.90 Å². The maximum absolute atomic E-state index is 12.9. The van der Waals surface area contributed by atoms with Crippen molar-refractivity contribution < 1.29 is 23.9 Å². The number of hydrogen-bond donors (Lipinski definition) is 1. The molecule has 5 aliphatic rings. The first-order valence-electron chi connectivity index (χ1n) is 10.0. The van der Waals surface area contributed by atoms with E-state index in [-0.39, 0.29) is 54.4 Å². The molecule has 4 aliphatic carbocycles. The SMILES string of the molecule is COC(=O)c1ccc(NC(=O)CCN2C(=O)C3C4C=CC(C5CC45)C3C2=O)cc1. The average Bonchev–Trinajstić information content (AvgIpc) is 3.51. The van der Waals surface area contributed by atoms with Crippen molar-refractivity contribution in [3.05, 3.63) is 42.0 Å². The van der Waals surface area contributed by atoms with Gasteiger partial charge in [-0.1, -0.05) is 12.2 Å². The van der Waals surface area contributed by atoms with E-state index in [4.69, 9.17) is 0 Å². The lowest BCUT2D eigenvalue weighted by Crippen LogP contribution is -2.40. The molecule has 6 unspecified atom stereocenters. The van der Waals surface area contributed by atoms with Crippen LogP contribution in [0.15, 0.2) is 36.4 Å². The molecule has 0 radical (unpaired) electrons. The van der Waals surface area contributed by atoms with Gasteiger partial charge in [0, 0.05) is 18.7 Å². The number of carbonyl (C=O) groups is 4. The number of anilines is 1. The lowest BCUT2D eigenvalue weighted by atomic mass is 9.63. The monoisotopic (exact) mass is 394 g/mol. The van der Waals surface area contributed by atoms with Crippen molar-refractivity contribution in [2.75, 3.05) is 19.0 Å². The summed E-state index contributed by atoms with van der Waals surface area (Å²) in [5.74, 6) is 0.118. The molecule has 7 heteroatoms. The topological polar surface area (TPSA) is 92.8 Å². The van der Waals surface area contributed by atoms with E-state index in [1.165, 1.54) is 12.0 Å². The molecule has 29 heavy (non-hydrogen) atoms. The van der Waals surface area contributed by atoms with E-state index in [0.717, 1.165) is 6.42 Å². The van der Waals surface area contributed by atoms with Gasteiger partial charge in [-0.15, -0.1) is 0 Å². The Hall–Kier alpha value is -2.96. The van der Waals surface area contributed by atoms with Crippen LogP contribution in [0.25, 0.3) is 0 Å². The van der Waals surface area contributed by atoms with Crippen LogP contribution in [0.4, 0.5) is 5.69 Å². The Morgan fingerprint density at radius 2 is 1.62 bits per heavy atom. The second kappa shape index (κ2) is 6.54. The van der Waals surface area contributed by atoms with Crippen LogP contribution in [0.1, 0.15) is 23.2 Å². The zero-order chi connectivity index (χ0) is 20.3. The summed E-state index contributed by atoms with van der Waals surface area (Å²) in [4.78, 5) is 50.9.